The van der Waals surface area contributed by atoms with E-state index in [-0.39, 0.29) is 18.1 Å². The monoisotopic (exact) mass is 305 g/mol. The summed E-state index contributed by atoms with van der Waals surface area (Å²) in [5.74, 6) is 1.53. The minimum absolute atomic E-state index is 0.147. The Kier molecular flexibility index (Phi) is 4.59. The van der Waals surface area contributed by atoms with Crippen LogP contribution in [-0.4, -0.2) is 50.1 Å². The number of rotatable bonds is 3. The number of methoxy groups -OCH3 is 1. The molecule has 106 valence electrons. The molecule has 0 saturated carbocycles. The maximum Gasteiger partial charge on any atom is 0.158 e. The summed E-state index contributed by atoms with van der Waals surface area (Å²) in [5.41, 5.74) is 0. The molecule has 19 heavy (non-hydrogen) atoms. The molecule has 0 N–H and O–H groups in total. The van der Waals surface area contributed by atoms with Crippen LogP contribution in [0.2, 0.25) is 5.15 Å². The molecule has 1 aromatic rings. The summed E-state index contributed by atoms with van der Waals surface area (Å²) in [6.07, 6.45) is 0.601. The fourth-order valence-corrected chi connectivity index (χ4v) is 3.44. The molecule has 0 atom stereocenters. The van der Waals surface area contributed by atoms with E-state index in [2.05, 4.69) is 9.97 Å². The zero-order chi connectivity index (χ0) is 13.9. The van der Waals surface area contributed by atoms with Crippen LogP contribution in [0.1, 0.15) is 12.2 Å². The highest BCUT2D eigenvalue weighted by Crippen LogP contribution is 2.18. The number of aromatic nitrogens is 2. The highest BCUT2D eigenvalue weighted by molar-refractivity contribution is 7.91. The summed E-state index contributed by atoms with van der Waals surface area (Å²) in [7, 11) is -1.38. The van der Waals surface area contributed by atoms with Crippen molar-refractivity contribution in [3.05, 3.63) is 17.0 Å². The van der Waals surface area contributed by atoms with Gasteiger partial charge in [0.15, 0.2) is 15.7 Å². The van der Waals surface area contributed by atoms with Gasteiger partial charge in [0.25, 0.3) is 0 Å². The number of hydrogen-bond donors (Lipinski definition) is 0. The molecule has 0 spiro atoms. The fourth-order valence-electron chi connectivity index (χ4n) is 1.97. The number of ether oxygens (including phenoxy) is 1. The van der Waals surface area contributed by atoms with Crippen LogP contribution in [0, 0.1) is 0 Å². The zero-order valence-corrected chi connectivity index (χ0v) is 12.2. The van der Waals surface area contributed by atoms with Gasteiger partial charge in [0.1, 0.15) is 17.6 Å². The van der Waals surface area contributed by atoms with Gasteiger partial charge in [-0.05, 0) is 6.42 Å². The molecule has 0 amide bonds. The minimum Gasteiger partial charge on any atom is -0.377 e. The Morgan fingerprint density at radius 2 is 2.16 bits per heavy atom. The molecule has 0 unspecified atom stereocenters. The third-order valence-corrected chi connectivity index (χ3v) is 4.79. The Morgan fingerprint density at radius 3 is 2.89 bits per heavy atom. The van der Waals surface area contributed by atoms with Crippen molar-refractivity contribution in [2.75, 3.05) is 36.6 Å². The van der Waals surface area contributed by atoms with Gasteiger partial charge in [-0.3, -0.25) is 0 Å². The molecule has 6 nitrogen and oxygen atoms in total. The summed E-state index contributed by atoms with van der Waals surface area (Å²) >= 11 is 5.95. The predicted octanol–water partition coefficient (Wildman–Crippen LogP) is 0.901. The van der Waals surface area contributed by atoms with Crippen molar-refractivity contribution in [3.8, 4) is 0 Å². The van der Waals surface area contributed by atoms with Crippen molar-refractivity contribution in [3.63, 3.8) is 0 Å². The maximum absolute atomic E-state index is 11.6. The average molecular weight is 306 g/mol. The molecule has 1 aromatic heterocycles. The second-order valence-electron chi connectivity index (χ2n) is 4.39. The van der Waals surface area contributed by atoms with Crippen molar-refractivity contribution in [2.45, 2.75) is 13.0 Å². The molecule has 1 fully saturated rings. The summed E-state index contributed by atoms with van der Waals surface area (Å²) < 4.78 is 28.1. The molecular weight excluding hydrogens is 290 g/mol. The molecular formula is C11H16ClN3O3S. The van der Waals surface area contributed by atoms with Gasteiger partial charge in [0.2, 0.25) is 0 Å². The molecule has 0 bridgehead atoms. The van der Waals surface area contributed by atoms with Crippen LogP contribution < -0.4 is 4.90 Å². The lowest BCUT2D eigenvalue weighted by atomic mass is 10.4. The first-order valence-electron chi connectivity index (χ1n) is 5.98. The van der Waals surface area contributed by atoms with E-state index in [0.717, 1.165) is 0 Å². The SMILES string of the molecule is COCc1nc(Cl)cc(N2CCCS(=O)(=O)CC2)n1. The molecule has 1 aliphatic rings. The first-order chi connectivity index (χ1) is 9.00. The lowest BCUT2D eigenvalue weighted by Crippen LogP contribution is -2.28. The van der Waals surface area contributed by atoms with E-state index >= 15 is 0 Å². The summed E-state index contributed by atoms with van der Waals surface area (Å²) in [6.45, 7) is 1.36. The normalized spacial score (nSPS) is 19.2. The lowest BCUT2D eigenvalue weighted by Gasteiger charge is -2.21. The Bertz CT molecular complexity index is 550. The molecule has 2 rings (SSSR count). The number of halogens is 1. The van der Waals surface area contributed by atoms with Crippen LogP contribution in [0.15, 0.2) is 6.07 Å². The molecule has 0 aromatic carbocycles. The first-order valence-corrected chi connectivity index (χ1v) is 8.18. The molecule has 8 heteroatoms. The van der Waals surface area contributed by atoms with Gasteiger partial charge in [-0.15, -0.1) is 0 Å². The third-order valence-electron chi connectivity index (χ3n) is 2.88. The summed E-state index contributed by atoms with van der Waals surface area (Å²) in [5, 5.41) is 0.337. The van der Waals surface area contributed by atoms with Gasteiger partial charge < -0.3 is 9.64 Å². The quantitative estimate of drug-likeness (QED) is 0.773. The lowest BCUT2D eigenvalue weighted by molar-refractivity contribution is 0.178. The van der Waals surface area contributed by atoms with E-state index < -0.39 is 9.84 Å². The number of nitrogens with zero attached hydrogens (tertiary/aromatic N) is 3. The molecule has 0 aliphatic carbocycles. The van der Waals surface area contributed by atoms with E-state index in [1.54, 1.807) is 13.2 Å². The maximum atomic E-state index is 11.6. The van der Waals surface area contributed by atoms with Crippen molar-refractivity contribution in [1.29, 1.82) is 0 Å². The number of anilines is 1. The molecule has 1 aliphatic heterocycles. The van der Waals surface area contributed by atoms with Gasteiger partial charge in [-0.2, -0.15) is 0 Å². The zero-order valence-electron chi connectivity index (χ0n) is 10.7. The van der Waals surface area contributed by atoms with Crippen LogP contribution in [0.25, 0.3) is 0 Å². The highest BCUT2D eigenvalue weighted by atomic mass is 35.5. The Hall–Kier alpha value is -0.920. The van der Waals surface area contributed by atoms with E-state index in [1.807, 2.05) is 4.90 Å². The van der Waals surface area contributed by atoms with Gasteiger partial charge in [-0.25, -0.2) is 18.4 Å². The van der Waals surface area contributed by atoms with Gasteiger partial charge in [-0.1, -0.05) is 11.6 Å². The highest BCUT2D eigenvalue weighted by Gasteiger charge is 2.20. The van der Waals surface area contributed by atoms with Crippen molar-refractivity contribution in [1.82, 2.24) is 9.97 Å². The standard InChI is InChI=1S/C11H16ClN3O3S/c1-18-8-10-13-9(12)7-11(14-10)15-3-2-5-19(16,17)6-4-15/h7H,2-6,8H2,1H3. The largest absolute Gasteiger partial charge is 0.377 e. The van der Waals surface area contributed by atoms with Crippen LogP contribution in [0.5, 0.6) is 0 Å². The Labute approximate surface area is 117 Å². The topological polar surface area (TPSA) is 72.4 Å². The van der Waals surface area contributed by atoms with Crippen LogP contribution in [0.3, 0.4) is 0 Å². The van der Waals surface area contributed by atoms with Crippen molar-refractivity contribution < 1.29 is 13.2 Å². The average Bonchev–Trinajstić information content (AvgIpc) is 2.50. The van der Waals surface area contributed by atoms with Crippen molar-refractivity contribution in [2.24, 2.45) is 0 Å². The van der Waals surface area contributed by atoms with E-state index in [1.165, 1.54) is 0 Å². The minimum atomic E-state index is -2.93. The second-order valence-corrected chi connectivity index (χ2v) is 7.08. The molecule has 0 radical (unpaired) electrons. The Morgan fingerprint density at radius 1 is 1.37 bits per heavy atom. The number of sulfone groups is 1. The van der Waals surface area contributed by atoms with Gasteiger partial charge in [0.05, 0.1) is 11.5 Å². The third kappa shape index (κ3) is 4.02. The first kappa shape index (κ1) is 14.5. The van der Waals surface area contributed by atoms with Gasteiger partial charge >= 0.3 is 0 Å². The molecule has 1 saturated heterocycles. The summed E-state index contributed by atoms with van der Waals surface area (Å²) in [4.78, 5) is 10.3. The van der Waals surface area contributed by atoms with Crippen LogP contribution in [0.4, 0.5) is 5.82 Å². The molecule has 2 heterocycles. The van der Waals surface area contributed by atoms with E-state index in [0.29, 0.717) is 36.3 Å². The van der Waals surface area contributed by atoms with E-state index in [9.17, 15) is 8.42 Å². The fraction of sp³-hybridized carbons (Fsp3) is 0.636. The van der Waals surface area contributed by atoms with Crippen molar-refractivity contribution >= 4 is 27.3 Å². The predicted molar refractivity (Wildman–Crippen MR) is 73.2 cm³/mol. The van der Waals surface area contributed by atoms with Gasteiger partial charge in [0, 0.05) is 26.3 Å². The smallest absolute Gasteiger partial charge is 0.158 e. The van der Waals surface area contributed by atoms with Crippen LogP contribution >= 0.6 is 11.6 Å². The number of hydrogen-bond acceptors (Lipinski definition) is 6. The second kappa shape index (κ2) is 6.02. The van der Waals surface area contributed by atoms with Crippen LogP contribution in [-0.2, 0) is 21.2 Å². The summed E-state index contributed by atoms with van der Waals surface area (Å²) in [6, 6.07) is 1.65. The van der Waals surface area contributed by atoms with E-state index in [4.69, 9.17) is 16.3 Å². The Balaban J connectivity index is 2.21.